The van der Waals surface area contributed by atoms with Crippen LogP contribution in [0.2, 0.25) is 5.02 Å². The van der Waals surface area contributed by atoms with E-state index in [2.05, 4.69) is 30.8 Å². The maximum absolute atomic E-state index is 12.3. The molecule has 5 nitrogen and oxygen atoms in total. The number of aromatic nitrogens is 2. The summed E-state index contributed by atoms with van der Waals surface area (Å²) in [6, 6.07) is 4.82. The molecule has 0 aliphatic carbocycles. The summed E-state index contributed by atoms with van der Waals surface area (Å²) in [5, 5.41) is 7.05. The van der Waals surface area contributed by atoms with Gasteiger partial charge in [-0.2, -0.15) is 5.10 Å². The highest BCUT2D eigenvalue weighted by molar-refractivity contribution is 9.10. The van der Waals surface area contributed by atoms with Crippen LogP contribution < -0.4 is 4.72 Å². The number of hydrogen-bond donors (Lipinski definition) is 2. The highest BCUT2D eigenvalue weighted by Gasteiger charge is 2.23. The van der Waals surface area contributed by atoms with Gasteiger partial charge < -0.3 is 0 Å². The van der Waals surface area contributed by atoms with Crippen molar-refractivity contribution in [2.45, 2.75) is 18.7 Å². The summed E-state index contributed by atoms with van der Waals surface area (Å²) >= 11 is 9.08. The minimum atomic E-state index is -3.68. The van der Waals surface area contributed by atoms with E-state index in [1.807, 2.05) is 0 Å². The second kappa shape index (κ2) is 5.15. The number of benzene rings is 1. The largest absolute Gasteiger partial charge is 0.281 e. The number of anilines is 1. The van der Waals surface area contributed by atoms with E-state index in [4.69, 9.17) is 11.6 Å². The standard InChI is InChI=1S/C11H11BrClN3O2S/c1-6-11(7(2)15-14-6)19(17,18)16-10-4-3-8(13)5-9(10)12/h3-5,16H,1-2H3,(H,14,15). The molecule has 19 heavy (non-hydrogen) atoms. The van der Waals surface area contributed by atoms with Crippen molar-refractivity contribution in [2.75, 3.05) is 4.72 Å². The first-order valence-electron chi connectivity index (χ1n) is 5.30. The third-order valence-corrected chi connectivity index (χ3v) is 5.02. The molecule has 0 radical (unpaired) electrons. The van der Waals surface area contributed by atoms with Crippen LogP contribution in [0.25, 0.3) is 0 Å². The second-order valence-corrected chi connectivity index (χ2v) is 6.90. The number of halogens is 2. The van der Waals surface area contributed by atoms with E-state index >= 15 is 0 Å². The number of hydrogen-bond acceptors (Lipinski definition) is 3. The molecule has 0 fully saturated rings. The lowest BCUT2D eigenvalue weighted by Gasteiger charge is -2.10. The number of nitrogens with one attached hydrogen (secondary N) is 2. The maximum atomic E-state index is 12.3. The van der Waals surface area contributed by atoms with Gasteiger partial charge in [-0.15, -0.1) is 0 Å². The fourth-order valence-corrected chi connectivity index (χ4v) is 4.07. The lowest BCUT2D eigenvalue weighted by Crippen LogP contribution is -2.14. The molecular formula is C11H11BrClN3O2S. The van der Waals surface area contributed by atoms with Crippen molar-refractivity contribution in [1.29, 1.82) is 0 Å². The highest BCUT2D eigenvalue weighted by atomic mass is 79.9. The van der Waals surface area contributed by atoms with Crippen molar-refractivity contribution in [2.24, 2.45) is 0 Å². The number of sulfonamides is 1. The van der Waals surface area contributed by atoms with Gasteiger partial charge in [0, 0.05) is 9.50 Å². The van der Waals surface area contributed by atoms with Crippen molar-refractivity contribution < 1.29 is 8.42 Å². The van der Waals surface area contributed by atoms with Crippen LogP contribution in [0.15, 0.2) is 27.6 Å². The van der Waals surface area contributed by atoms with Gasteiger partial charge in [0.1, 0.15) is 4.90 Å². The molecule has 1 heterocycles. The van der Waals surface area contributed by atoms with Gasteiger partial charge in [-0.1, -0.05) is 11.6 Å². The fraction of sp³-hybridized carbons (Fsp3) is 0.182. The zero-order valence-corrected chi connectivity index (χ0v) is 13.3. The summed E-state index contributed by atoms with van der Waals surface area (Å²) in [4.78, 5) is 0.161. The van der Waals surface area contributed by atoms with Gasteiger partial charge in [-0.05, 0) is 48.0 Å². The van der Waals surface area contributed by atoms with E-state index in [-0.39, 0.29) is 4.90 Å². The van der Waals surface area contributed by atoms with Crippen LogP contribution in [0.3, 0.4) is 0 Å². The lowest BCUT2D eigenvalue weighted by molar-refractivity contribution is 0.600. The van der Waals surface area contributed by atoms with Crippen LogP contribution in [-0.2, 0) is 10.0 Å². The topological polar surface area (TPSA) is 74.8 Å². The zero-order valence-electron chi connectivity index (χ0n) is 10.2. The summed E-state index contributed by atoms with van der Waals surface area (Å²) in [6.07, 6.45) is 0. The van der Waals surface area contributed by atoms with Gasteiger partial charge in [0.05, 0.1) is 17.1 Å². The smallest absolute Gasteiger partial charge is 0.265 e. The minimum Gasteiger partial charge on any atom is -0.281 e. The summed E-state index contributed by atoms with van der Waals surface area (Å²) in [7, 11) is -3.68. The number of aromatic amines is 1. The van der Waals surface area contributed by atoms with Gasteiger partial charge in [-0.25, -0.2) is 8.42 Å². The third-order valence-electron chi connectivity index (χ3n) is 2.50. The van der Waals surface area contributed by atoms with Crippen LogP contribution in [-0.4, -0.2) is 18.6 Å². The first-order chi connectivity index (χ1) is 8.81. The maximum Gasteiger partial charge on any atom is 0.265 e. The molecule has 0 saturated carbocycles. The molecule has 0 atom stereocenters. The molecule has 102 valence electrons. The first-order valence-corrected chi connectivity index (χ1v) is 7.96. The Hall–Kier alpha value is -1.05. The van der Waals surface area contributed by atoms with Crippen LogP contribution >= 0.6 is 27.5 Å². The average Bonchev–Trinajstić information content (AvgIpc) is 2.63. The Kier molecular flexibility index (Phi) is 3.89. The predicted octanol–water partition coefficient (Wildman–Crippen LogP) is 3.24. The van der Waals surface area contributed by atoms with Gasteiger partial charge in [-0.3, -0.25) is 9.82 Å². The molecule has 0 unspecified atom stereocenters. The molecule has 0 aliphatic rings. The van der Waals surface area contributed by atoms with Gasteiger partial charge in [0.2, 0.25) is 0 Å². The molecule has 0 saturated heterocycles. The zero-order chi connectivity index (χ0) is 14.2. The molecule has 0 amide bonds. The fourth-order valence-electron chi connectivity index (χ4n) is 1.70. The van der Waals surface area contributed by atoms with Gasteiger partial charge >= 0.3 is 0 Å². The Labute approximate surface area is 124 Å². The van der Waals surface area contributed by atoms with E-state index in [1.54, 1.807) is 32.0 Å². The average molecular weight is 365 g/mol. The van der Waals surface area contributed by atoms with E-state index in [1.165, 1.54) is 0 Å². The summed E-state index contributed by atoms with van der Waals surface area (Å²) in [5.41, 5.74) is 1.34. The molecule has 1 aromatic carbocycles. The Morgan fingerprint density at radius 2 is 2.05 bits per heavy atom. The number of rotatable bonds is 3. The summed E-state index contributed by atoms with van der Waals surface area (Å²) < 4.78 is 27.7. The highest BCUT2D eigenvalue weighted by Crippen LogP contribution is 2.29. The predicted molar refractivity (Wildman–Crippen MR) is 78.0 cm³/mol. The molecule has 8 heteroatoms. The summed E-state index contributed by atoms with van der Waals surface area (Å²) in [5.74, 6) is 0. The van der Waals surface area contributed by atoms with Crippen LogP contribution in [0, 0.1) is 13.8 Å². The first kappa shape index (κ1) is 14.4. The van der Waals surface area contributed by atoms with Crippen molar-refractivity contribution in [3.8, 4) is 0 Å². The minimum absolute atomic E-state index is 0.161. The quantitative estimate of drug-likeness (QED) is 0.878. The van der Waals surface area contributed by atoms with E-state index in [0.29, 0.717) is 26.6 Å². The molecule has 0 spiro atoms. The normalized spacial score (nSPS) is 11.6. The van der Waals surface area contributed by atoms with Crippen molar-refractivity contribution in [3.05, 3.63) is 39.1 Å². The monoisotopic (exact) mass is 363 g/mol. The lowest BCUT2D eigenvalue weighted by atomic mass is 10.3. The molecule has 1 aromatic heterocycles. The van der Waals surface area contributed by atoms with Crippen LogP contribution in [0.1, 0.15) is 11.4 Å². The van der Waals surface area contributed by atoms with Crippen LogP contribution in [0.5, 0.6) is 0 Å². The molecule has 0 bridgehead atoms. The van der Waals surface area contributed by atoms with E-state index < -0.39 is 10.0 Å². The number of aryl methyl sites for hydroxylation is 2. The third kappa shape index (κ3) is 2.93. The Balaban J connectivity index is 2.42. The second-order valence-electron chi connectivity index (χ2n) is 3.99. The van der Waals surface area contributed by atoms with Crippen LogP contribution in [0.4, 0.5) is 5.69 Å². The molecule has 2 N–H and O–H groups in total. The van der Waals surface area contributed by atoms with Gasteiger partial charge in [0.25, 0.3) is 10.0 Å². The Bertz CT molecular complexity index is 708. The Morgan fingerprint density at radius 1 is 1.37 bits per heavy atom. The van der Waals surface area contributed by atoms with E-state index in [0.717, 1.165) is 0 Å². The molecule has 0 aliphatic heterocycles. The number of nitrogens with zero attached hydrogens (tertiary/aromatic N) is 1. The summed E-state index contributed by atoms with van der Waals surface area (Å²) in [6.45, 7) is 3.29. The van der Waals surface area contributed by atoms with Crippen molar-refractivity contribution >= 4 is 43.2 Å². The molecular weight excluding hydrogens is 354 g/mol. The van der Waals surface area contributed by atoms with Crippen molar-refractivity contribution in [1.82, 2.24) is 10.2 Å². The number of H-pyrrole nitrogens is 1. The van der Waals surface area contributed by atoms with E-state index in [9.17, 15) is 8.42 Å². The SMILES string of the molecule is Cc1n[nH]c(C)c1S(=O)(=O)Nc1ccc(Cl)cc1Br. The molecule has 2 aromatic rings. The van der Waals surface area contributed by atoms with Crippen molar-refractivity contribution in [3.63, 3.8) is 0 Å². The molecule has 2 rings (SSSR count). The van der Waals surface area contributed by atoms with Gasteiger partial charge in [0.15, 0.2) is 0 Å². The Morgan fingerprint density at radius 3 is 2.58 bits per heavy atom.